The Morgan fingerprint density at radius 3 is 2.25 bits per heavy atom. The Hall–Kier alpha value is 1.15. The second-order valence-electron chi connectivity index (χ2n) is 1.58. The molecule has 0 bridgehead atoms. The zero-order valence-corrected chi connectivity index (χ0v) is 8.00. The normalized spacial score (nSPS) is 14.1. The third kappa shape index (κ3) is 4.07. The highest BCUT2D eigenvalue weighted by molar-refractivity contribution is 7.36. The molecule has 0 aromatic heterocycles. The molecule has 0 aliphatic heterocycles. The van der Waals surface area contributed by atoms with Crippen molar-refractivity contribution < 1.29 is 0 Å². The minimum atomic E-state index is -1.48. The lowest BCUT2D eigenvalue weighted by atomic mass is 9.78. The van der Waals surface area contributed by atoms with Crippen molar-refractivity contribution in [1.29, 1.82) is 0 Å². The summed E-state index contributed by atoms with van der Waals surface area (Å²) in [6.07, 6.45) is 0. The Balaban J connectivity index is 3.17. The van der Waals surface area contributed by atoms with Crippen LogP contribution < -0.4 is 0 Å². The van der Waals surface area contributed by atoms with Gasteiger partial charge in [0.15, 0.2) is 0 Å². The quantitative estimate of drug-likeness (QED) is 0.361. The molecular weight excluding hydrogens is 181 g/mol. The van der Waals surface area contributed by atoms with Crippen LogP contribution in [0.3, 0.4) is 0 Å². The maximum atomic E-state index is 5.62. The Kier molecular flexibility index (Phi) is 5.69. The molecule has 47 valence electrons. The van der Waals surface area contributed by atoms with Crippen LogP contribution in [0.15, 0.2) is 0 Å². The lowest BCUT2D eigenvalue weighted by molar-refractivity contribution is 1.32. The first-order chi connectivity index (χ1) is 3.68. The van der Waals surface area contributed by atoms with Gasteiger partial charge in [0.1, 0.15) is 7.28 Å². The van der Waals surface area contributed by atoms with Crippen LogP contribution in [0.1, 0.15) is 6.92 Å². The van der Waals surface area contributed by atoms with E-state index >= 15 is 0 Å². The van der Waals surface area contributed by atoms with Crippen LogP contribution in [0, 0.1) is 0 Å². The van der Waals surface area contributed by atoms with Crippen LogP contribution >= 0.6 is 33.8 Å². The van der Waals surface area contributed by atoms with Crippen LogP contribution in [0.2, 0.25) is 5.44 Å². The maximum Gasteiger partial charge on any atom is 0.232 e. The van der Waals surface area contributed by atoms with Gasteiger partial charge in [-0.1, -0.05) is 12.4 Å². The highest BCUT2D eigenvalue weighted by Gasteiger charge is 2.12. The predicted molar refractivity (Wildman–Crippen MR) is 44.8 cm³/mol. The van der Waals surface area contributed by atoms with Crippen molar-refractivity contribution in [2.75, 3.05) is 5.78 Å². The van der Waals surface area contributed by atoms with Crippen LogP contribution in [0.25, 0.3) is 0 Å². The Morgan fingerprint density at radius 2 is 2.12 bits per heavy atom. The smallest absolute Gasteiger partial charge is 0.151 e. The molecule has 0 aromatic rings. The zero-order chi connectivity index (χ0) is 6.57. The molecule has 0 nitrogen and oxygen atoms in total. The van der Waals surface area contributed by atoms with Crippen molar-refractivity contribution in [3.63, 3.8) is 0 Å². The van der Waals surface area contributed by atoms with E-state index in [4.69, 9.17) is 33.8 Å². The monoisotopic (exact) mass is 187 g/mol. The summed E-state index contributed by atoms with van der Waals surface area (Å²) in [4.78, 5) is 0. The molecule has 8 heavy (non-hydrogen) atoms. The second-order valence-corrected chi connectivity index (χ2v) is 7.10. The summed E-state index contributed by atoms with van der Waals surface area (Å²) in [5.74, 6) is 0.546. The first-order valence-corrected chi connectivity index (χ1v) is 7.05. The van der Waals surface area contributed by atoms with Gasteiger partial charge >= 0.3 is 0 Å². The molecule has 0 amide bonds. The van der Waals surface area contributed by atoms with Crippen molar-refractivity contribution in [3.8, 4) is 0 Å². The fraction of sp³-hybridized carbons (Fsp3) is 1.00. The van der Waals surface area contributed by atoms with E-state index in [0.717, 1.165) is 0 Å². The average Bonchev–Trinajstić information content (AvgIpc) is 1.67. The molecule has 0 fully saturated rings. The van der Waals surface area contributed by atoms with Gasteiger partial charge in [-0.05, 0) is 5.78 Å². The molecule has 0 N–H and O–H groups in total. The van der Waals surface area contributed by atoms with E-state index in [0.29, 0.717) is 11.2 Å². The van der Waals surface area contributed by atoms with E-state index in [9.17, 15) is 0 Å². The molecule has 1 atom stereocenters. The van der Waals surface area contributed by atoms with Crippen molar-refractivity contribution in [2.45, 2.75) is 12.4 Å². The van der Waals surface area contributed by atoms with E-state index in [1.165, 1.54) is 0 Å². The van der Waals surface area contributed by atoms with Gasteiger partial charge in [0.2, 0.25) is 7.42 Å². The molecule has 0 heterocycles. The maximum absolute atomic E-state index is 5.62. The Bertz CT molecular complexity index is 60.5. The summed E-state index contributed by atoms with van der Waals surface area (Å²) in [5.41, 5.74) is 0.329. The second kappa shape index (κ2) is 4.98. The fourth-order valence-corrected chi connectivity index (χ4v) is 1.66. The minimum Gasteiger partial charge on any atom is -0.151 e. The number of rotatable bonds is 3. The molecule has 0 saturated carbocycles. The topological polar surface area (TPSA) is 0 Å². The highest BCUT2D eigenvalue weighted by Crippen LogP contribution is 2.14. The van der Waals surface area contributed by atoms with Crippen LogP contribution in [0.5, 0.6) is 0 Å². The Morgan fingerprint density at radius 1 is 1.62 bits per heavy atom. The van der Waals surface area contributed by atoms with Crippen molar-refractivity contribution in [1.82, 2.24) is 0 Å². The summed E-state index contributed by atoms with van der Waals surface area (Å²) in [7, 11) is 0.451. The standard InChI is InChI=1S/C3H7BCl3Si/c1-3(4-2-5)8(6)7/h3,8H,2H2,1H3. The van der Waals surface area contributed by atoms with Crippen molar-refractivity contribution >= 4 is 48.5 Å². The van der Waals surface area contributed by atoms with E-state index in [1.807, 2.05) is 14.2 Å². The van der Waals surface area contributed by atoms with Gasteiger partial charge in [-0.15, -0.1) is 11.6 Å². The zero-order valence-electron chi connectivity index (χ0n) is 4.57. The van der Waals surface area contributed by atoms with Gasteiger partial charge in [0.25, 0.3) is 0 Å². The summed E-state index contributed by atoms with van der Waals surface area (Å²) in [6.45, 7) is 1.99. The van der Waals surface area contributed by atoms with E-state index < -0.39 is 7.42 Å². The van der Waals surface area contributed by atoms with E-state index in [-0.39, 0.29) is 0 Å². The SMILES string of the molecule is CC([B]CCl)[SiH](Cl)Cl. The number of halogens is 3. The fourth-order valence-electron chi connectivity index (χ4n) is 0.243. The molecule has 0 aliphatic rings. The third-order valence-corrected chi connectivity index (χ3v) is 4.49. The lowest BCUT2D eigenvalue weighted by Gasteiger charge is -2.04. The molecule has 0 spiro atoms. The van der Waals surface area contributed by atoms with Gasteiger partial charge in [0, 0.05) is 0 Å². The minimum absolute atomic E-state index is 0.329. The van der Waals surface area contributed by atoms with Crippen LogP contribution in [-0.2, 0) is 0 Å². The summed E-state index contributed by atoms with van der Waals surface area (Å²) >= 11 is 16.6. The van der Waals surface area contributed by atoms with E-state index in [1.54, 1.807) is 0 Å². The van der Waals surface area contributed by atoms with Crippen molar-refractivity contribution in [2.24, 2.45) is 0 Å². The summed E-state index contributed by atoms with van der Waals surface area (Å²) < 4.78 is 0. The third-order valence-electron chi connectivity index (χ3n) is 0.858. The number of hydrogen-bond acceptors (Lipinski definition) is 0. The average molecular weight is 188 g/mol. The van der Waals surface area contributed by atoms with Crippen LogP contribution in [0.4, 0.5) is 0 Å². The van der Waals surface area contributed by atoms with Crippen molar-refractivity contribution in [3.05, 3.63) is 0 Å². The molecule has 0 aromatic carbocycles. The van der Waals surface area contributed by atoms with Gasteiger partial charge < -0.3 is 0 Å². The molecule has 5 heteroatoms. The highest BCUT2D eigenvalue weighted by atomic mass is 35.7. The first-order valence-electron chi connectivity index (χ1n) is 2.36. The number of alkyl halides is 1. The van der Waals surface area contributed by atoms with Gasteiger partial charge in [-0.25, -0.2) is 0 Å². The molecule has 1 radical (unpaired) electrons. The summed E-state index contributed by atoms with van der Waals surface area (Å²) in [5, 5.41) is 0. The van der Waals surface area contributed by atoms with Crippen LogP contribution in [-0.4, -0.2) is 20.5 Å². The molecular formula is C3H7BCl3Si. The molecule has 0 saturated heterocycles. The summed E-state index contributed by atoms with van der Waals surface area (Å²) in [6, 6.07) is 0. The predicted octanol–water partition coefficient (Wildman–Crippen LogP) is 1.93. The largest absolute Gasteiger partial charge is 0.232 e. The molecule has 0 aliphatic carbocycles. The number of hydrogen-bond donors (Lipinski definition) is 0. The Labute approximate surface area is 66.8 Å². The van der Waals surface area contributed by atoms with Gasteiger partial charge in [-0.3, -0.25) is 0 Å². The van der Waals surface area contributed by atoms with Gasteiger partial charge in [0.05, 0.1) is 0 Å². The lowest BCUT2D eigenvalue weighted by Crippen LogP contribution is -2.12. The molecule has 0 rings (SSSR count). The van der Waals surface area contributed by atoms with Gasteiger partial charge in [-0.2, -0.15) is 22.2 Å². The first kappa shape index (κ1) is 9.15. The molecule has 1 unspecified atom stereocenters. The van der Waals surface area contributed by atoms with E-state index in [2.05, 4.69) is 0 Å².